The lowest BCUT2D eigenvalue weighted by molar-refractivity contribution is 1.18. The van der Waals surface area contributed by atoms with E-state index in [0.29, 0.717) is 0 Å². The van der Waals surface area contributed by atoms with E-state index in [9.17, 15) is 0 Å². The topological polar surface area (TPSA) is 9.86 Å². The Labute approximate surface area is 298 Å². The molecule has 2 nitrogen and oxygen atoms in total. The predicted molar refractivity (Wildman–Crippen MR) is 219 cm³/mol. The van der Waals surface area contributed by atoms with Gasteiger partial charge in [0, 0.05) is 42.7 Å². The summed E-state index contributed by atoms with van der Waals surface area (Å²) in [6.07, 6.45) is 0. The van der Waals surface area contributed by atoms with Crippen molar-refractivity contribution in [1.82, 2.24) is 9.13 Å². The fourth-order valence-corrected chi connectivity index (χ4v) is 9.46. The first-order valence-electron chi connectivity index (χ1n) is 17.4. The Morgan fingerprint density at radius 2 is 0.961 bits per heavy atom. The Hall–Kier alpha value is -6.42. The quantitative estimate of drug-likeness (QED) is 0.177. The molecule has 0 spiro atoms. The third kappa shape index (κ3) is 4.22. The number of fused-ring (bicyclic) bond motifs is 10. The third-order valence-electron chi connectivity index (χ3n) is 10.5. The van der Waals surface area contributed by atoms with Crippen LogP contribution in [0, 0.1) is 0 Å². The smallest absolute Gasteiger partial charge is 0.0641 e. The van der Waals surface area contributed by atoms with Gasteiger partial charge in [0.2, 0.25) is 0 Å². The maximum absolute atomic E-state index is 2.49. The fourth-order valence-electron chi connectivity index (χ4n) is 8.26. The van der Waals surface area contributed by atoms with E-state index >= 15 is 0 Å². The fraction of sp³-hybridized carbons (Fsp3) is 0. The van der Waals surface area contributed by atoms with Gasteiger partial charge in [-0.3, -0.25) is 0 Å². The first-order chi connectivity index (χ1) is 25.3. The van der Waals surface area contributed by atoms with Gasteiger partial charge in [0.15, 0.2) is 0 Å². The molecule has 11 aromatic rings. The molecule has 0 bridgehead atoms. The van der Waals surface area contributed by atoms with Crippen LogP contribution in [-0.2, 0) is 0 Å². The van der Waals surface area contributed by atoms with Crippen molar-refractivity contribution in [3.63, 3.8) is 0 Å². The van der Waals surface area contributed by atoms with Gasteiger partial charge < -0.3 is 9.13 Å². The van der Waals surface area contributed by atoms with Gasteiger partial charge in [-0.15, -0.1) is 11.3 Å². The minimum absolute atomic E-state index is 1.15. The number of nitrogens with zero attached hydrogens (tertiary/aromatic N) is 2. The van der Waals surface area contributed by atoms with E-state index in [4.69, 9.17) is 0 Å². The van der Waals surface area contributed by atoms with Crippen LogP contribution in [0.4, 0.5) is 0 Å². The molecule has 51 heavy (non-hydrogen) atoms. The molecule has 0 aliphatic heterocycles. The Bertz CT molecular complexity index is 3120. The molecule has 3 aromatic heterocycles. The Morgan fingerprint density at radius 3 is 1.78 bits per heavy atom. The molecule has 0 amide bonds. The van der Waals surface area contributed by atoms with Crippen molar-refractivity contribution < 1.29 is 0 Å². The second-order valence-electron chi connectivity index (χ2n) is 13.3. The summed E-state index contributed by atoms with van der Waals surface area (Å²) in [5, 5.41) is 7.68. The molecule has 11 rings (SSSR count). The van der Waals surface area contributed by atoms with Crippen LogP contribution in [0.1, 0.15) is 0 Å². The molecule has 3 heteroatoms. The summed E-state index contributed by atoms with van der Waals surface area (Å²) >= 11 is 1.88. The van der Waals surface area contributed by atoms with Crippen molar-refractivity contribution in [3.8, 4) is 33.6 Å². The highest BCUT2D eigenvalue weighted by Crippen LogP contribution is 2.45. The number of aromatic nitrogens is 2. The zero-order valence-electron chi connectivity index (χ0n) is 27.6. The summed E-state index contributed by atoms with van der Waals surface area (Å²) in [7, 11) is 0. The van der Waals surface area contributed by atoms with Gasteiger partial charge in [0.25, 0.3) is 0 Å². The van der Waals surface area contributed by atoms with Crippen molar-refractivity contribution in [1.29, 1.82) is 0 Å². The van der Waals surface area contributed by atoms with Gasteiger partial charge in [-0.2, -0.15) is 0 Å². The normalized spacial score (nSPS) is 11.9. The van der Waals surface area contributed by atoms with Crippen LogP contribution >= 0.6 is 11.3 Å². The largest absolute Gasteiger partial charge is 0.309 e. The van der Waals surface area contributed by atoms with Crippen LogP contribution in [0.3, 0.4) is 0 Å². The van der Waals surface area contributed by atoms with E-state index in [2.05, 4.69) is 191 Å². The lowest BCUT2D eigenvalue weighted by Crippen LogP contribution is -1.96. The summed E-state index contributed by atoms with van der Waals surface area (Å²) in [5.74, 6) is 0. The number of hydrogen-bond donors (Lipinski definition) is 0. The van der Waals surface area contributed by atoms with Crippen molar-refractivity contribution in [2.75, 3.05) is 0 Å². The number of rotatable bonds is 4. The average molecular weight is 667 g/mol. The van der Waals surface area contributed by atoms with Crippen molar-refractivity contribution in [3.05, 3.63) is 182 Å². The van der Waals surface area contributed by atoms with Crippen molar-refractivity contribution in [2.45, 2.75) is 0 Å². The van der Waals surface area contributed by atoms with E-state index in [0.717, 1.165) is 5.69 Å². The highest BCUT2D eigenvalue weighted by molar-refractivity contribution is 7.26. The second kappa shape index (κ2) is 11.0. The van der Waals surface area contributed by atoms with Gasteiger partial charge in [0.05, 0.1) is 32.5 Å². The van der Waals surface area contributed by atoms with Gasteiger partial charge >= 0.3 is 0 Å². The molecular weight excluding hydrogens is 637 g/mol. The number of benzene rings is 8. The van der Waals surface area contributed by atoms with Crippen molar-refractivity contribution in [2.24, 2.45) is 0 Å². The molecule has 8 aromatic carbocycles. The lowest BCUT2D eigenvalue weighted by Gasteiger charge is -2.12. The third-order valence-corrected chi connectivity index (χ3v) is 11.7. The van der Waals surface area contributed by atoms with Crippen LogP contribution < -0.4 is 0 Å². The maximum Gasteiger partial charge on any atom is 0.0641 e. The molecule has 0 atom stereocenters. The van der Waals surface area contributed by atoms with E-state index < -0.39 is 0 Å². The van der Waals surface area contributed by atoms with Gasteiger partial charge in [-0.1, -0.05) is 140 Å². The lowest BCUT2D eigenvalue weighted by atomic mass is 10.00. The molecule has 0 saturated heterocycles. The SMILES string of the molecule is c1ccc(-c2ccc(-c3cccc(-n4c5ccccc5c5ccc6c(c7ccccc7n6-c6cccc7c6sc6ccccc67)c54)c3)cc2)cc1. The number of para-hydroxylation sites is 2. The minimum Gasteiger partial charge on any atom is -0.309 e. The van der Waals surface area contributed by atoms with Gasteiger partial charge in [-0.25, -0.2) is 0 Å². The molecule has 0 aliphatic rings. The van der Waals surface area contributed by atoms with E-state index in [1.165, 1.54) is 91.7 Å². The van der Waals surface area contributed by atoms with Gasteiger partial charge in [-0.05, 0) is 64.7 Å². The summed E-state index contributed by atoms with van der Waals surface area (Å²) in [6.45, 7) is 0. The number of thiophene rings is 1. The highest BCUT2D eigenvalue weighted by Gasteiger charge is 2.22. The van der Waals surface area contributed by atoms with E-state index in [1.54, 1.807) is 0 Å². The molecule has 238 valence electrons. The van der Waals surface area contributed by atoms with E-state index in [1.807, 2.05) is 11.3 Å². The summed E-state index contributed by atoms with van der Waals surface area (Å²) < 4.78 is 7.62. The van der Waals surface area contributed by atoms with Crippen LogP contribution in [-0.4, -0.2) is 9.13 Å². The van der Waals surface area contributed by atoms with E-state index in [-0.39, 0.29) is 0 Å². The Morgan fingerprint density at radius 1 is 0.353 bits per heavy atom. The van der Waals surface area contributed by atoms with Crippen LogP contribution in [0.5, 0.6) is 0 Å². The van der Waals surface area contributed by atoms with Gasteiger partial charge in [0.1, 0.15) is 0 Å². The first-order valence-corrected chi connectivity index (χ1v) is 18.3. The molecule has 0 N–H and O–H groups in total. The molecule has 0 radical (unpaired) electrons. The number of hydrogen-bond acceptors (Lipinski definition) is 1. The van der Waals surface area contributed by atoms with Crippen molar-refractivity contribution >= 4 is 75.1 Å². The summed E-state index contributed by atoms with van der Waals surface area (Å²) in [6, 6.07) is 66.5. The molecule has 0 unspecified atom stereocenters. The zero-order valence-corrected chi connectivity index (χ0v) is 28.4. The second-order valence-corrected chi connectivity index (χ2v) is 14.4. The summed E-state index contributed by atoms with van der Waals surface area (Å²) in [4.78, 5) is 0. The summed E-state index contributed by atoms with van der Waals surface area (Å²) in [5.41, 5.74) is 12.1. The van der Waals surface area contributed by atoms with Crippen LogP contribution in [0.15, 0.2) is 182 Å². The molecular formula is C48H30N2S. The Kier molecular flexibility index (Phi) is 6.16. The molecule has 0 aliphatic carbocycles. The van der Waals surface area contributed by atoms with Crippen LogP contribution in [0.25, 0.3) is 97.4 Å². The first kappa shape index (κ1) is 28.4. The minimum atomic E-state index is 1.15. The standard InChI is InChI=1S/C48H30N2S/c1-2-12-31(13-3-1)32-24-26-33(27-25-32)34-14-10-15-35(30-34)49-41-20-7-4-16-36(41)38-28-29-43-46(47(38)49)40-18-5-8-21-42(40)50(43)44-22-11-19-39-37-17-6-9-23-45(37)51-48(39)44/h1-30H. The maximum atomic E-state index is 2.49. The highest BCUT2D eigenvalue weighted by atomic mass is 32.1. The molecule has 0 fully saturated rings. The molecule has 3 heterocycles. The predicted octanol–water partition coefficient (Wildman–Crippen LogP) is 13.6. The Balaban J connectivity index is 1.18. The monoisotopic (exact) mass is 666 g/mol. The average Bonchev–Trinajstić information content (AvgIpc) is 3.86. The zero-order chi connectivity index (χ0) is 33.5. The van der Waals surface area contributed by atoms with Crippen LogP contribution in [0.2, 0.25) is 0 Å². The molecule has 0 saturated carbocycles.